The predicted molar refractivity (Wildman–Crippen MR) is 74.1 cm³/mol. The van der Waals surface area contributed by atoms with E-state index in [0.717, 1.165) is 6.42 Å². The van der Waals surface area contributed by atoms with Crippen molar-refractivity contribution in [3.63, 3.8) is 0 Å². The molecule has 0 aromatic heterocycles. The molecule has 0 radical (unpaired) electrons. The van der Waals surface area contributed by atoms with Crippen LogP contribution < -0.4 is 5.32 Å². The van der Waals surface area contributed by atoms with Crippen LogP contribution in [0.2, 0.25) is 0 Å². The molecular formula is C14H26N2O3. The molecule has 0 aromatic carbocycles. The Bertz CT molecular complexity index is 321. The molecule has 1 aliphatic carbocycles. The normalized spacial score (nSPS) is 18.3. The summed E-state index contributed by atoms with van der Waals surface area (Å²) >= 11 is 0. The van der Waals surface area contributed by atoms with E-state index in [1.807, 2.05) is 6.92 Å². The van der Waals surface area contributed by atoms with Crippen molar-refractivity contribution in [2.24, 2.45) is 5.41 Å². The number of hydrogen-bond acceptors (Lipinski definition) is 2. The standard InChI is InChI=1S/C14H26N2O3/c1-4-14(7-6-8-14)10-15-13(19)16(5-2)11(3)9-12(17)18/h11H,4-10H2,1-3H3,(H,15,19)(H,17,18). The fourth-order valence-corrected chi connectivity index (χ4v) is 2.72. The lowest BCUT2D eigenvalue weighted by Crippen LogP contribution is -2.49. The number of nitrogens with zero attached hydrogens (tertiary/aromatic N) is 1. The van der Waals surface area contributed by atoms with Crippen molar-refractivity contribution >= 4 is 12.0 Å². The van der Waals surface area contributed by atoms with E-state index in [4.69, 9.17) is 5.11 Å². The van der Waals surface area contributed by atoms with Gasteiger partial charge in [-0.15, -0.1) is 0 Å². The van der Waals surface area contributed by atoms with Crippen LogP contribution in [0.5, 0.6) is 0 Å². The third-order valence-electron chi connectivity index (χ3n) is 4.38. The first-order valence-electron chi connectivity index (χ1n) is 7.20. The minimum Gasteiger partial charge on any atom is -0.481 e. The van der Waals surface area contributed by atoms with Gasteiger partial charge in [0.05, 0.1) is 6.42 Å². The van der Waals surface area contributed by atoms with Gasteiger partial charge in [0.15, 0.2) is 0 Å². The zero-order valence-corrected chi connectivity index (χ0v) is 12.2. The summed E-state index contributed by atoms with van der Waals surface area (Å²) in [7, 11) is 0. The minimum atomic E-state index is -0.872. The largest absolute Gasteiger partial charge is 0.481 e. The summed E-state index contributed by atoms with van der Waals surface area (Å²) in [5, 5.41) is 11.8. The molecule has 1 rings (SSSR count). The average Bonchev–Trinajstić information content (AvgIpc) is 2.28. The number of carbonyl (C=O) groups excluding carboxylic acids is 1. The van der Waals surface area contributed by atoms with Crippen LogP contribution in [0.4, 0.5) is 4.79 Å². The molecule has 1 fully saturated rings. The monoisotopic (exact) mass is 270 g/mol. The molecule has 0 aliphatic heterocycles. The molecule has 1 aliphatic rings. The molecule has 2 amide bonds. The van der Waals surface area contributed by atoms with Gasteiger partial charge in [0.1, 0.15) is 0 Å². The maximum atomic E-state index is 12.1. The number of amides is 2. The van der Waals surface area contributed by atoms with Crippen LogP contribution in [0.25, 0.3) is 0 Å². The fourth-order valence-electron chi connectivity index (χ4n) is 2.72. The Kier molecular flexibility index (Phi) is 5.63. The molecule has 1 unspecified atom stereocenters. The van der Waals surface area contributed by atoms with Gasteiger partial charge in [-0.25, -0.2) is 4.79 Å². The molecule has 1 saturated carbocycles. The number of carboxylic acid groups (broad SMARTS) is 1. The van der Waals surface area contributed by atoms with Gasteiger partial charge in [0, 0.05) is 19.1 Å². The highest BCUT2D eigenvalue weighted by atomic mass is 16.4. The Balaban J connectivity index is 2.47. The molecular weight excluding hydrogens is 244 g/mol. The predicted octanol–water partition coefficient (Wildman–Crippen LogP) is 2.46. The molecule has 0 bridgehead atoms. The van der Waals surface area contributed by atoms with Crippen LogP contribution in [0, 0.1) is 5.41 Å². The van der Waals surface area contributed by atoms with Crippen LogP contribution in [-0.4, -0.2) is 41.1 Å². The highest BCUT2D eigenvalue weighted by molar-refractivity contribution is 5.76. The Labute approximate surface area is 115 Å². The molecule has 2 N–H and O–H groups in total. The highest BCUT2D eigenvalue weighted by Gasteiger charge is 2.35. The van der Waals surface area contributed by atoms with Gasteiger partial charge in [0.25, 0.3) is 0 Å². The maximum absolute atomic E-state index is 12.1. The molecule has 0 heterocycles. The summed E-state index contributed by atoms with van der Waals surface area (Å²) in [6.45, 7) is 7.04. The van der Waals surface area contributed by atoms with Gasteiger partial charge in [-0.05, 0) is 38.5 Å². The van der Waals surface area contributed by atoms with Crippen LogP contribution in [0.1, 0.15) is 52.9 Å². The third-order valence-corrected chi connectivity index (χ3v) is 4.38. The van der Waals surface area contributed by atoms with Crippen molar-refractivity contribution < 1.29 is 14.7 Å². The summed E-state index contributed by atoms with van der Waals surface area (Å²) in [4.78, 5) is 24.4. The van der Waals surface area contributed by atoms with Gasteiger partial charge in [-0.2, -0.15) is 0 Å². The van der Waals surface area contributed by atoms with Crippen molar-refractivity contribution in [1.82, 2.24) is 10.2 Å². The van der Waals surface area contributed by atoms with Crippen LogP contribution in [-0.2, 0) is 4.79 Å². The number of carboxylic acids is 1. The summed E-state index contributed by atoms with van der Waals surface area (Å²) < 4.78 is 0. The Hall–Kier alpha value is -1.26. The van der Waals surface area contributed by atoms with E-state index in [-0.39, 0.29) is 23.9 Å². The zero-order chi connectivity index (χ0) is 14.5. The van der Waals surface area contributed by atoms with E-state index in [9.17, 15) is 9.59 Å². The van der Waals surface area contributed by atoms with Crippen molar-refractivity contribution in [1.29, 1.82) is 0 Å². The molecule has 5 heteroatoms. The summed E-state index contributed by atoms with van der Waals surface area (Å²) in [6, 6.07) is -0.419. The molecule has 19 heavy (non-hydrogen) atoms. The molecule has 1 atom stereocenters. The lowest BCUT2D eigenvalue weighted by molar-refractivity contribution is -0.138. The fraction of sp³-hybridized carbons (Fsp3) is 0.857. The van der Waals surface area contributed by atoms with Crippen molar-refractivity contribution in [3.8, 4) is 0 Å². The number of urea groups is 1. The lowest BCUT2D eigenvalue weighted by Gasteiger charge is -2.42. The van der Waals surface area contributed by atoms with E-state index in [1.165, 1.54) is 19.3 Å². The van der Waals surface area contributed by atoms with Gasteiger partial charge < -0.3 is 15.3 Å². The van der Waals surface area contributed by atoms with E-state index < -0.39 is 5.97 Å². The molecule has 0 saturated heterocycles. The average molecular weight is 270 g/mol. The molecule has 5 nitrogen and oxygen atoms in total. The molecule has 110 valence electrons. The van der Waals surface area contributed by atoms with Gasteiger partial charge in [-0.1, -0.05) is 13.3 Å². The summed E-state index contributed by atoms with van der Waals surface area (Å²) in [6.07, 6.45) is 4.68. The first-order chi connectivity index (χ1) is 8.94. The second kappa shape index (κ2) is 6.78. The smallest absolute Gasteiger partial charge is 0.317 e. The second-order valence-corrected chi connectivity index (χ2v) is 5.60. The minimum absolute atomic E-state index is 0.0137. The van der Waals surface area contributed by atoms with E-state index in [2.05, 4.69) is 12.2 Å². The number of rotatable bonds is 7. The van der Waals surface area contributed by atoms with Crippen LogP contribution in [0.15, 0.2) is 0 Å². The number of carbonyl (C=O) groups is 2. The van der Waals surface area contributed by atoms with E-state index in [1.54, 1.807) is 11.8 Å². The quantitative estimate of drug-likeness (QED) is 0.746. The highest BCUT2D eigenvalue weighted by Crippen LogP contribution is 2.43. The Morgan fingerprint density at radius 2 is 2.00 bits per heavy atom. The van der Waals surface area contributed by atoms with Crippen LogP contribution >= 0.6 is 0 Å². The van der Waals surface area contributed by atoms with E-state index >= 15 is 0 Å². The lowest BCUT2D eigenvalue weighted by atomic mass is 9.67. The van der Waals surface area contributed by atoms with Gasteiger partial charge in [-0.3, -0.25) is 4.79 Å². The molecule has 0 spiro atoms. The van der Waals surface area contributed by atoms with Crippen molar-refractivity contribution in [2.75, 3.05) is 13.1 Å². The summed E-state index contributed by atoms with van der Waals surface area (Å²) in [5.41, 5.74) is 0.283. The summed E-state index contributed by atoms with van der Waals surface area (Å²) in [5.74, 6) is -0.872. The van der Waals surface area contributed by atoms with Crippen molar-refractivity contribution in [2.45, 2.75) is 58.9 Å². The SMILES string of the molecule is CCN(C(=O)NCC1(CC)CCC1)C(C)CC(=O)O. The second-order valence-electron chi connectivity index (χ2n) is 5.60. The van der Waals surface area contributed by atoms with Gasteiger partial charge in [0.2, 0.25) is 0 Å². The topological polar surface area (TPSA) is 69.6 Å². The molecule has 0 aromatic rings. The Morgan fingerprint density at radius 1 is 1.37 bits per heavy atom. The first kappa shape index (κ1) is 15.8. The Morgan fingerprint density at radius 3 is 2.37 bits per heavy atom. The third kappa shape index (κ3) is 4.11. The first-order valence-corrected chi connectivity index (χ1v) is 7.20. The number of aliphatic carboxylic acids is 1. The van der Waals surface area contributed by atoms with E-state index in [0.29, 0.717) is 13.1 Å². The number of hydrogen-bond donors (Lipinski definition) is 2. The van der Waals surface area contributed by atoms with Crippen LogP contribution in [0.3, 0.4) is 0 Å². The van der Waals surface area contributed by atoms with Gasteiger partial charge >= 0.3 is 12.0 Å². The maximum Gasteiger partial charge on any atom is 0.317 e. The van der Waals surface area contributed by atoms with Crippen molar-refractivity contribution in [3.05, 3.63) is 0 Å². The number of nitrogens with one attached hydrogen (secondary N) is 1. The zero-order valence-electron chi connectivity index (χ0n) is 12.2.